The summed E-state index contributed by atoms with van der Waals surface area (Å²) < 4.78 is 37.6. The predicted octanol–water partition coefficient (Wildman–Crippen LogP) is 0.491. The number of nitrogens with two attached hydrogens (primary N) is 1. The van der Waals surface area contributed by atoms with Gasteiger partial charge in [0.1, 0.15) is 0 Å². The summed E-state index contributed by atoms with van der Waals surface area (Å²) in [4.78, 5) is 22.0. The van der Waals surface area contributed by atoms with Crippen molar-refractivity contribution < 1.29 is 27.9 Å². The summed E-state index contributed by atoms with van der Waals surface area (Å²) in [6, 6.07) is -1.20. The number of nitrogens with one attached hydrogen (secondary N) is 1. The fourth-order valence-electron chi connectivity index (χ4n) is 0.878. The van der Waals surface area contributed by atoms with Gasteiger partial charge in [0.25, 0.3) is 0 Å². The van der Waals surface area contributed by atoms with Gasteiger partial charge in [0.05, 0.1) is 6.04 Å². The lowest BCUT2D eigenvalue weighted by Gasteiger charge is -2.30. The number of hydrogen-bond donors (Lipinski definition) is 3. The van der Waals surface area contributed by atoms with Crippen LogP contribution in [0.4, 0.5) is 13.2 Å². The molecule has 0 radical (unpaired) electrons. The van der Waals surface area contributed by atoms with E-state index in [0.29, 0.717) is 6.92 Å². The maximum Gasteiger partial charge on any atom is 0.422 e. The Morgan fingerprint density at radius 3 is 1.94 bits per heavy atom. The summed E-state index contributed by atoms with van der Waals surface area (Å²) in [6.07, 6.45) is -5.11. The minimum absolute atomic E-state index is 0.375. The first-order valence-electron chi connectivity index (χ1n) is 4.81. The highest BCUT2D eigenvalue weighted by Gasteiger charge is 2.58. The van der Waals surface area contributed by atoms with Gasteiger partial charge < -0.3 is 16.2 Å². The molecule has 0 aliphatic carbocycles. The first-order chi connectivity index (χ1) is 7.43. The third-order valence-electron chi connectivity index (χ3n) is 2.39. The van der Waals surface area contributed by atoms with E-state index in [-0.39, 0.29) is 0 Å². The highest BCUT2D eigenvalue weighted by Crippen LogP contribution is 2.30. The van der Waals surface area contributed by atoms with Gasteiger partial charge in [-0.25, -0.2) is 4.79 Å². The zero-order chi connectivity index (χ0) is 14.0. The molecular weight excluding hydrogens is 241 g/mol. The van der Waals surface area contributed by atoms with Gasteiger partial charge in [0.15, 0.2) is 0 Å². The molecule has 0 aromatic rings. The van der Waals surface area contributed by atoms with Crippen LogP contribution in [-0.4, -0.2) is 34.7 Å². The van der Waals surface area contributed by atoms with Crippen LogP contribution in [0, 0.1) is 5.92 Å². The number of carboxylic acids is 1. The molecule has 0 saturated carbocycles. The highest BCUT2D eigenvalue weighted by molar-refractivity contribution is 5.90. The monoisotopic (exact) mass is 256 g/mol. The lowest BCUT2D eigenvalue weighted by molar-refractivity contribution is -0.207. The number of carbonyl (C=O) groups excluding carboxylic acids is 1. The topological polar surface area (TPSA) is 92.4 Å². The van der Waals surface area contributed by atoms with E-state index in [1.165, 1.54) is 19.2 Å². The molecule has 0 heterocycles. The van der Waals surface area contributed by atoms with Gasteiger partial charge in [-0.2, -0.15) is 13.2 Å². The second-order valence-corrected chi connectivity index (χ2v) is 4.19. The Balaban J connectivity index is 5.05. The van der Waals surface area contributed by atoms with Crippen LogP contribution in [0.25, 0.3) is 0 Å². The van der Waals surface area contributed by atoms with E-state index in [4.69, 9.17) is 10.8 Å². The number of halogens is 3. The fourth-order valence-corrected chi connectivity index (χ4v) is 0.878. The van der Waals surface area contributed by atoms with Gasteiger partial charge in [0, 0.05) is 0 Å². The van der Waals surface area contributed by atoms with Crippen molar-refractivity contribution in [3.63, 3.8) is 0 Å². The van der Waals surface area contributed by atoms with Crippen molar-refractivity contribution in [2.75, 3.05) is 0 Å². The zero-order valence-electron chi connectivity index (χ0n) is 9.63. The molecule has 5 nitrogen and oxygen atoms in total. The summed E-state index contributed by atoms with van der Waals surface area (Å²) in [5.41, 5.74) is 2.00. The minimum Gasteiger partial charge on any atom is -0.479 e. The SMILES string of the molecule is CC(C)[C@@H](N)C(=O)NC(C)(C(=O)O)C(F)(F)F. The molecule has 0 spiro atoms. The van der Waals surface area contributed by atoms with Crippen LogP contribution in [0.1, 0.15) is 20.8 Å². The summed E-state index contributed by atoms with van der Waals surface area (Å²) in [5, 5.41) is 9.99. The lowest BCUT2D eigenvalue weighted by atomic mass is 9.99. The molecule has 2 atom stereocenters. The largest absolute Gasteiger partial charge is 0.479 e. The van der Waals surface area contributed by atoms with E-state index >= 15 is 0 Å². The Bertz CT molecular complexity index is 317. The van der Waals surface area contributed by atoms with Crippen molar-refractivity contribution in [3.05, 3.63) is 0 Å². The maximum absolute atomic E-state index is 12.5. The van der Waals surface area contributed by atoms with Gasteiger partial charge in [0.2, 0.25) is 11.4 Å². The summed E-state index contributed by atoms with van der Waals surface area (Å²) in [6.45, 7) is 3.45. The molecule has 4 N–H and O–H groups in total. The second kappa shape index (κ2) is 4.91. The molecule has 0 bridgehead atoms. The molecule has 100 valence electrons. The molecule has 0 aliphatic heterocycles. The number of rotatable bonds is 4. The highest BCUT2D eigenvalue weighted by atomic mass is 19.4. The smallest absolute Gasteiger partial charge is 0.422 e. The average Bonchev–Trinajstić information content (AvgIpc) is 2.13. The van der Waals surface area contributed by atoms with Crippen molar-refractivity contribution in [3.8, 4) is 0 Å². The first-order valence-corrected chi connectivity index (χ1v) is 4.81. The van der Waals surface area contributed by atoms with Gasteiger partial charge in [-0.05, 0) is 12.8 Å². The Kier molecular flexibility index (Phi) is 4.53. The van der Waals surface area contributed by atoms with Gasteiger partial charge in [-0.1, -0.05) is 13.8 Å². The molecule has 0 aromatic heterocycles. The molecule has 0 aromatic carbocycles. The van der Waals surface area contributed by atoms with Gasteiger partial charge in [-0.15, -0.1) is 0 Å². The third-order valence-corrected chi connectivity index (χ3v) is 2.39. The number of carboxylic acid groups (broad SMARTS) is 1. The van der Waals surface area contributed by atoms with E-state index in [9.17, 15) is 22.8 Å². The van der Waals surface area contributed by atoms with E-state index in [0.717, 1.165) is 0 Å². The average molecular weight is 256 g/mol. The lowest BCUT2D eigenvalue weighted by Crippen LogP contribution is -2.64. The normalized spacial score (nSPS) is 17.4. The number of carbonyl (C=O) groups is 2. The van der Waals surface area contributed by atoms with Crippen LogP contribution in [0.2, 0.25) is 0 Å². The van der Waals surface area contributed by atoms with Crippen LogP contribution < -0.4 is 11.1 Å². The second-order valence-electron chi connectivity index (χ2n) is 4.19. The van der Waals surface area contributed by atoms with E-state index in [1.54, 1.807) is 0 Å². The zero-order valence-corrected chi connectivity index (χ0v) is 9.63. The number of alkyl halides is 3. The van der Waals surface area contributed by atoms with Gasteiger partial charge >= 0.3 is 12.1 Å². The molecule has 8 heteroatoms. The first kappa shape index (κ1) is 15.7. The van der Waals surface area contributed by atoms with Crippen molar-refractivity contribution >= 4 is 11.9 Å². The predicted molar refractivity (Wildman–Crippen MR) is 53.1 cm³/mol. The Labute approximate surface area is 96.2 Å². The van der Waals surface area contributed by atoms with Crippen LogP contribution in [0.5, 0.6) is 0 Å². The molecule has 0 saturated heterocycles. The number of amides is 1. The Morgan fingerprint density at radius 2 is 1.71 bits per heavy atom. The van der Waals surface area contributed by atoms with Crippen molar-refractivity contribution in [1.82, 2.24) is 5.32 Å². The van der Waals surface area contributed by atoms with Crippen LogP contribution in [0.3, 0.4) is 0 Å². The quantitative estimate of drug-likeness (QED) is 0.682. The fraction of sp³-hybridized carbons (Fsp3) is 0.778. The van der Waals surface area contributed by atoms with Crippen molar-refractivity contribution in [2.24, 2.45) is 11.7 Å². The van der Waals surface area contributed by atoms with E-state index in [1.807, 2.05) is 0 Å². The van der Waals surface area contributed by atoms with Crippen molar-refractivity contribution in [1.29, 1.82) is 0 Å². The Morgan fingerprint density at radius 1 is 1.29 bits per heavy atom. The minimum atomic E-state index is -5.11. The molecular formula is C9H15F3N2O3. The summed E-state index contributed by atoms with van der Waals surface area (Å²) >= 11 is 0. The molecule has 0 fully saturated rings. The summed E-state index contributed by atoms with van der Waals surface area (Å²) in [7, 11) is 0. The standard InChI is InChI=1S/C9H15F3N2O3/c1-4(2)5(13)6(15)14-8(3,7(16)17)9(10,11)12/h4-5H,13H2,1-3H3,(H,14,15)(H,16,17)/t5-,8?/m1/s1. The molecule has 0 rings (SSSR count). The van der Waals surface area contributed by atoms with E-state index in [2.05, 4.69) is 0 Å². The summed E-state index contributed by atoms with van der Waals surface area (Å²) in [5.74, 6) is -3.74. The van der Waals surface area contributed by atoms with Gasteiger partial charge in [-0.3, -0.25) is 4.79 Å². The molecule has 1 unspecified atom stereocenters. The van der Waals surface area contributed by atoms with Crippen LogP contribution >= 0.6 is 0 Å². The van der Waals surface area contributed by atoms with Crippen molar-refractivity contribution in [2.45, 2.75) is 38.5 Å². The number of hydrogen-bond acceptors (Lipinski definition) is 3. The molecule has 0 aliphatic rings. The maximum atomic E-state index is 12.5. The third kappa shape index (κ3) is 3.32. The number of aliphatic carboxylic acids is 1. The Hall–Kier alpha value is -1.31. The van der Waals surface area contributed by atoms with Crippen LogP contribution in [0.15, 0.2) is 0 Å². The molecule has 17 heavy (non-hydrogen) atoms. The van der Waals surface area contributed by atoms with Crippen LogP contribution in [-0.2, 0) is 9.59 Å². The molecule has 1 amide bonds. The van der Waals surface area contributed by atoms with E-state index < -0.39 is 35.6 Å².